The quantitative estimate of drug-likeness (QED) is 0.519. The van der Waals surface area contributed by atoms with Gasteiger partial charge in [0.25, 0.3) is 0 Å². The molecule has 0 aromatic heterocycles. The minimum absolute atomic E-state index is 0.0147. The van der Waals surface area contributed by atoms with E-state index in [4.69, 9.17) is 10.2 Å². The zero-order valence-corrected chi connectivity index (χ0v) is 11.9. The average Bonchev–Trinajstić information content (AvgIpc) is 2.48. The van der Waals surface area contributed by atoms with E-state index in [-0.39, 0.29) is 18.4 Å². The van der Waals surface area contributed by atoms with Crippen molar-refractivity contribution in [3.8, 4) is 0 Å². The van der Waals surface area contributed by atoms with Crippen LogP contribution >= 0.6 is 0 Å². The highest BCUT2D eigenvalue weighted by atomic mass is 19.1. The van der Waals surface area contributed by atoms with Gasteiger partial charge in [-0.2, -0.15) is 0 Å². The predicted octanol–water partition coefficient (Wildman–Crippen LogP) is 0.683. The van der Waals surface area contributed by atoms with Crippen molar-refractivity contribution >= 4 is 24.3 Å². The SMILES string of the molecule is O=CC(CCC(=O)O)NC(=O)N[C@H](C(=O)O)c1cccc(F)c1. The van der Waals surface area contributed by atoms with Gasteiger partial charge >= 0.3 is 18.0 Å². The van der Waals surface area contributed by atoms with Crippen LogP contribution in [0.15, 0.2) is 24.3 Å². The number of benzene rings is 1. The van der Waals surface area contributed by atoms with E-state index in [1.54, 1.807) is 0 Å². The van der Waals surface area contributed by atoms with Crippen molar-refractivity contribution in [3.63, 3.8) is 0 Å². The molecule has 0 saturated heterocycles. The summed E-state index contributed by atoms with van der Waals surface area (Å²) in [5.41, 5.74) is 0.0147. The monoisotopic (exact) mass is 326 g/mol. The van der Waals surface area contributed by atoms with E-state index in [2.05, 4.69) is 10.6 Å². The summed E-state index contributed by atoms with van der Waals surface area (Å²) in [5, 5.41) is 21.9. The molecule has 0 bridgehead atoms. The molecule has 2 atom stereocenters. The Hall–Kier alpha value is -2.97. The van der Waals surface area contributed by atoms with Gasteiger partial charge in [0, 0.05) is 6.42 Å². The Labute approximate surface area is 130 Å². The summed E-state index contributed by atoms with van der Waals surface area (Å²) in [6.07, 6.45) is -0.125. The fraction of sp³-hybridized carbons (Fsp3) is 0.286. The number of nitrogens with one attached hydrogen (secondary N) is 2. The zero-order valence-electron chi connectivity index (χ0n) is 11.9. The van der Waals surface area contributed by atoms with Crippen LogP contribution in [0, 0.1) is 5.82 Å². The molecule has 1 unspecified atom stereocenters. The molecule has 1 aromatic rings. The number of carbonyl (C=O) groups excluding carboxylic acids is 2. The summed E-state index contributed by atoms with van der Waals surface area (Å²) in [7, 11) is 0. The third-order valence-corrected chi connectivity index (χ3v) is 2.85. The molecule has 0 aliphatic rings. The maximum absolute atomic E-state index is 13.1. The lowest BCUT2D eigenvalue weighted by Crippen LogP contribution is -2.46. The zero-order chi connectivity index (χ0) is 17.4. The van der Waals surface area contributed by atoms with Gasteiger partial charge in [-0.3, -0.25) is 4.79 Å². The summed E-state index contributed by atoms with van der Waals surface area (Å²) >= 11 is 0. The van der Waals surface area contributed by atoms with Crippen LogP contribution in [0.5, 0.6) is 0 Å². The van der Waals surface area contributed by atoms with Gasteiger partial charge in [-0.25, -0.2) is 14.0 Å². The standard InChI is InChI=1S/C14H15FN2O6/c15-9-3-1-2-8(6-9)12(13(21)22)17-14(23)16-10(7-18)4-5-11(19)20/h1-3,6-7,10,12H,4-5H2,(H,19,20)(H,21,22)(H2,16,17,23)/t10?,12-/m0/s1. The Bertz CT molecular complexity index is 607. The first-order valence-electron chi connectivity index (χ1n) is 6.56. The third-order valence-electron chi connectivity index (χ3n) is 2.85. The Kier molecular flexibility index (Phi) is 6.66. The lowest BCUT2D eigenvalue weighted by Gasteiger charge is -2.17. The summed E-state index contributed by atoms with van der Waals surface area (Å²) in [6.45, 7) is 0. The highest BCUT2D eigenvalue weighted by Crippen LogP contribution is 2.14. The first-order chi connectivity index (χ1) is 10.8. The Morgan fingerprint density at radius 2 is 1.91 bits per heavy atom. The van der Waals surface area contributed by atoms with Gasteiger partial charge in [0.05, 0.1) is 6.04 Å². The van der Waals surface area contributed by atoms with Gasteiger partial charge in [-0.05, 0) is 24.1 Å². The predicted molar refractivity (Wildman–Crippen MR) is 75.2 cm³/mol. The van der Waals surface area contributed by atoms with Gasteiger partial charge < -0.3 is 25.6 Å². The van der Waals surface area contributed by atoms with Crippen LogP contribution in [-0.4, -0.2) is 40.5 Å². The Balaban J connectivity index is 2.73. The van der Waals surface area contributed by atoms with Crippen molar-refractivity contribution in [1.82, 2.24) is 10.6 Å². The molecule has 0 aliphatic carbocycles. The molecule has 0 aliphatic heterocycles. The first kappa shape index (κ1) is 18.1. The van der Waals surface area contributed by atoms with Crippen molar-refractivity contribution in [2.45, 2.75) is 24.9 Å². The smallest absolute Gasteiger partial charge is 0.330 e. The first-order valence-corrected chi connectivity index (χ1v) is 6.56. The van der Waals surface area contributed by atoms with E-state index >= 15 is 0 Å². The number of hydrogen-bond acceptors (Lipinski definition) is 4. The molecule has 9 heteroatoms. The van der Waals surface area contributed by atoms with E-state index in [9.17, 15) is 23.6 Å². The second kappa shape index (κ2) is 8.47. The number of carboxylic acids is 2. The van der Waals surface area contributed by atoms with Crippen LogP contribution in [0.2, 0.25) is 0 Å². The number of urea groups is 1. The van der Waals surface area contributed by atoms with Gasteiger partial charge in [0.15, 0.2) is 6.04 Å². The van der Waals surface area contributed by atoms with Gasteiger partial charge in [-0.15, -0.1) is 0 Å². The van der Waals surface area contributed by atoms with Crippen molar-refractivity contribution in [3.05, 3.63) is 35.6 Å². The molecule has 124 valence electrons. The number of halogens is 1. The lowest BCUT2D eigenvalue weighted by molar-refractivity contribution is -0.139. The van der Waals surface area contributed by atoms with Crippen molar-refractivity contribution < 1.29 is 33.8 Å². The van der Waals surface area contributed by atoms with Crippen LogP contribution < -0.4 is 10.6 Å². The number of hydrogen-bond donors (Lipinski definition) is 4. The molecular weight excluding hydrogens is 311 g/mol. The van der Waals surface area contributed by atoms with E-state index in [0.717, 1.165) is 12.1 Å². The topological polar surface area (TPSA) is 133 Å². The Morgan fingerprint density at radius 1 is 1.22 bits per heavy atom. The molecule has 0 spiro atoms. The average molecular weight is 326 g/mol. The molecule has 0 heterocycles. The number of aldehydes is 1. The van der Waals surface area contributed by atoms with E-state index in [1.807, 2.05) is 0 Å². The molecule has 0 fully saturated rings. The van der Waals surface area contributed by atoms with Gasteiger partial charge in [-0.1, -0.05) is 12.1 Å². The van der Waals surface area contributed by atoms with Crippen molar-refractivity contribution in [1.29, 1.82) is 0 Å². The summed E-state index contributed by atoms with van der Waals surface area (Å²) in [6, 6.07) is 1.12. The summed E-state index contributed by atoms with van der Waals surface area (Å²) in [4.78, 5) is 44.2. The number of carbonyl (C=O) groups is 4. The molecular formula is C14H15FN2O6. The van der Waals surface area contributed by atoms with Gasteiger partial charge in [0.2, 0.25) is 0 Å². The molecule has 0 radical (unpaired) electrons. The molecule has 1 rings (SSSR count). The highest BCUT2D eigenvalue weighted by Gasteiger charge is 2.23. The van der Waals surface area contributed by atoms with Crippen LogP contribution in [0.25, 0.3) is 0 Å². The molecule has 4 N–H and O–H groups in total. The number of amides is 2. The van der Waals surface area contributed by atoms with Crippen LogP contribution in [0.1, 0.15) is 24.4 Å². The van der Waals surface area contributed by atoms with E-state index in [1.165, 1.54) is 12.1 Å². The van der Waals surface area contributed by atoms with Crippen LogP contribution in [0.3, 0.4) is 0 Å². The number of carboxylic acid groups (broad SMARTS) is 2. The Morgan fingerprint density at radius 3 is 2.43 bits per heavy atom. The largest absolute Gasteiger partial charge is 0.481 e. The van der Waals surface area contributed by atoms with E-state index in [0.29, 0.717) is 6.29 Å². The molecule has 23 heavy (non-hydrogen) atoms. The van der Waals surface area contributed by atoms with Crippen molar-refractivity contribution in [2.24, 2.45) is 0 Å². The van der Waals surface area contributed by atoms with Gasteiger partial charge in [0.1, 0.15) is 12.1 Å². The molecule has 1 aromatic carbocycles. The minimum Gasteiger partial charge on any atom is -0.481 e. The normalized spacial score (nSPS) is 12.7. The highest BCUT2D eigenvalue weighted by molar-refractivity contribution is 5.85. The third kappa shape index (κ3) is 6.12. The maximum atomic E-state index is 13.1. The molecule has 8 nitrogen and oxygen atoms in total. The van der Waals surface area contributed by atoms with Crippen LogP contribution in [0.4, 0.5) is 9.18 Å². The fourth-order valence-corrected chi connectivity index (χ4v) is 1.77. The van der Waals surface area contributed by atoms with E-state index < -0.39 is 35.9 Å². The minimum atomic E-state index is -1.52. The van der Waals surface area contributed by atoms with Crippen LogP contribution in [-0.2, 0) is 14.4 Å². The maximum Gasteiger partial charge on any atom is 0.330 e. The molecule has 2 amide bonds. The second-order valence-corrected chi connectivity index (χ2v) is 4.62. The lowest BCUT2D eigenvalue weighted by atomic mass is 10.1. The summed E-state index contributed by atoms with van der Waals surface area (Å²) < 4.78 is 13.1. The van der Waals surface area contributed by atoms with Crippen molar-refractivity contribution in [2.75, 3.05) is 0 Å². The number of aliphatic carboxylic acids is 2. The second-order valence-electron chi connectivity index (χ2n) is 4.62. The molecule has 0 saturated carbocycles. The number of rotatable bonds is 8. The summed E-state index contributed by atoms with van der Waals surface area (Å²) in [5.74, 6) is -3.22. The fourth-order valence-electron chi connectivity index (χ4n) is 1.77.